The zero-order valence-electron chi connectivity index (χ0n) is 8.22. The zero-order chi connectivity index (χ0) is 10.0. The number of rotatable bonds is 4. The smallest absolute Gasteiger partial charge is 0.268 e. The molecule has 0 radical (unpaired) electrons. The normalized spacial score (nSPS) is 11.1. The molecule has 0 aliphatic carbocycles. The van der Waals surface area contributed by atoms with E-state index >= 15 is 0 Å². The summed E-state index contributed by atoms with van der Waals surface area (Å²) >= 11 is 0. The van der Waals surface area contributed by atoms with E-state index in [1.165, 1.54) is 7.11 Å². The molecule has 3 nitrogen and oxygen atoms in total. The van der Waals surface area contributed by atoms with E-state index in [4.69, 9.17) is 4.74 Å². The van der Waals surface area contributed by atoms with Crippen LogP contribution >= 0.6 is 0 Å². The third-order valence-corrected chi connectivity index (χ3v) is 2.14. The van der Waals surface area contributed by atoms with E-state index in [2.05, 4.69) is 13.8 Å². The standard InChI is InChI=1S/C10H14O3/c1-6(2)4-5-7-8(11)9(12)10(7)13-3/h6H,4-5H2,1-3H3. The molecule has 1 aromatic rings. The monoisotopic (exact) mass is 182 g/mol. The summed E-state index contributed by atoms with van der Waals surface area (Å²) in [4.78, 5) is 22.0. The van der Waals surface area contributed by atoms with Crippen molar-refractivity contribution in [1.82, 2.24) is 0 Å². The van der Waals surface area contributed by atoms with Crippen LogP contribution in [0.25, 0.3) is 0 Å². The van der Waals surface area contributed by atoms with Crippen molar-refractivity contribution in [2.24, 2.45) is 5.92 Å². The van der Waals surface area contributed by atoms with Gasteiger partial charge in [0.15, 0.2) is 5.75 Å². The summed E-state index contributed by atoms with van der Waals surface area (Å²) in [6, 6.07) is 0. The van der Waals surface area contributed by atoms with Crippen LogP contribution in [-0.4, -0.2) is 7.11 Å². The van der Waals surface area contributed by atoms with Gasteiger partial charge in [-0.3, -0.25) is 9.59 Å². The predicted octanol–water partition coefficient (Wildman–Crippen LogP) is 0.880. The van der Waals surface area contributed by atoms with Crippen molar-refractivity contribution in [3.05, 3.63) is 26.0 Å². The van der Waals surface area contributed by atoms with E-state index in [-0.39, 0.29) is 11.2 Å². The number of methoxy groups -OCH3 is 1. The second-order valence-electron chi connectivity index (χ2n) is 3.60. The second kappa shape index (κ2) is 3.73. The second-order valence-corrected chi connectivity index (χ2v) is 3.60. The molecule has 13 heavy (non-hydrogen) atoms. The van der Waals surface area contributed by atoms with Crippen LogP contribution in [0, 0.1) is 5.92 Å². The van der Waals surface area contributed by atoms with Crippen LogP contribution in [-0.2, 0) is 6.42 Å². The highest BCUT2D eigenvalue weighted by Crippen LogP contribution is 2.14. The van der Waals surface area contributed by atoms with Crippen molar-refractivity contribution in [3.63, 3.8) is 0 Å². The molecule has 0 aliphatic rings. The fourth-order valence-corrected chi connectivity index (χ4v) is 1.29. The maximum Gasteiger partial charge on any atom is 0.268 e. The van der Waals surface area contributed by atoms with Crippen LogP contribution < -0.4 is 15.6 Å². The largest absolute Gasteiger partial charge is 0.492 e. The maximum absolute atomic E-state index is 11.1. The quantitative estimate of drug-likeness (QED) is 0.649. The Labute approximate surface area is 77.0 Å². The summed E-state index contributed by atoms with van der Waals surface area (Å²) < 4.78 is 4.82. The molecule has 0 bridgehead atoms. The SMILES string of the molecule is COc1c(CCC(C)C)c(=O)c1=O. The van der Waals surface area contributed by atoms with Gasteiger partial charge in [0.1, 0.15) is 0 Å². The van der Waals surface area contributed by atoms with Gasteiger partial charge in [-0.15, -0.1) is 0 Å². The summed E-state index contributed by atoms with van der Waals surface area (Å²) in [6.07, 6.45) is 1.58. The molecule has 0 amide bonds. The first kappa shape index (κ1) is 9.96. The van der Waals surface area contributed by atoms with Gasteiger partial charge >= 0.3 is 0 Å². The highest BCUT2D eigenvalue weighted by atomic mass is 16.5. The van der Waals surface area contributed by atoms with Crippen LogP contribution in [0.2, 0.25) is 0 Å². The zero-order valence-corrected chi connectivity index (χ0v) is 8.22. The molecule has 0 unspecified atom stereocenters. The number of ether oxygens (including phenoxy) is 1. The molecule has 1 rings (SSSR count). The Bertz CT molecular complexity index is 356. The number of hydrogen-bond acceptors (Lipinski definition) is 3. The molecule has 0 heterocycles. The molecule has 0 spiro atoms. The van der Waals surface area contributed by atoms with Gasteiger partial charge in [-0.2, -0.15) is 0 Å². The van der Waals surface area contributed by atoms with Gasteiger partial charge in [-0.25, -0.2) is 0 Å². The fourth-order valence-electron chi connectivity index (χ4n) is 1.29. The summed E-state index contributed by atoms with van der Waals surface area (Å²) in [5.41, 5.74) is -0.264. The third kappa shape index (κ3) is 1.79. The average molecular weight is 182 g/mol. The van der Waals surface area contributed by atoms with Crippen LogP contribution in [0.4, 0.5) is 0 Å². The molecular formula is C10H14O3. The van der Waals surface area contributed by atoms with Crippen molar-refractivity contribution in [2.45, 2.75) is 26.7 Å². The molecule has 1 aromatic carbocycles. The van der Waals surface area contributed by atoms with Crippen molar-refractivity contribution >= 4 is 0 Å². The first-order valence-corrected chi connectivity index (χ1v) is 4.44. The van der Waals surface area contributed by atoms with Gasteiger partial charge in [0.25, 0.3) is 5.43 Å². The minimum absolute atomic E-state index is 0.269. The van der Waals surface area contributed by atoms with E-state index in [1.54, 1.807) is 0 Å². The molecule has 0 aromatic heterocycles. The highest BCUT2D eigenvalue weighted by Gasteiger charge is 2.20. The van der Waals surface area contributed by atoms with Crippen molar-refractivity contribution < 1.29 is 4.74 Å². The van der Waals surface area contributed by atoms with Gasteiger partial charge in [0, 0.05) is 5.56 Å². The van der Waals surface area contributed by atoms with E-state index in [1.807, 2.05) is 0 Å². The molecule has 0 saturated carbocycles. The van der Waals surface area contributed by atoms with E-state index < -0.39 is 5.43 Å². The lowest BCUT2D eigenvalue weighted by Crippen LogP contribution is -2.36. The molecule has 0 saturated heterocycles. The fraction of sp³-hybridized carbons (Fsp3) is 0.600. The van der Waals surface area contributed by atoms with Crippen LogP contribution in [0.5, 0.6) is 5.75 Å². The lowest BCUT2D eigenvalue weighted by Gasteiger charge is -2.10. The summed E-state index contributed by atoms with van der Waals surface area (Å²) in [5, 5.41) is 0. The van der Waals surface area contributed by atoms with Gasteiger partial charge < -0.3 is 4.74 Å². The van der Waals surface area contributed by atoms with Crippen molar-refractivity contribution in [1.29, 1.82) is 0 Å². The molecular weight excluding hydrogens is 168 g/mol. The minimum Gasteiger partial charge on any atom is -0.492 e. The average Bonchev–Trinajstić information content (AvgIpc) is 2.10. The predicted molar refractivity (Wildman–Crippen MR) is 51.1 cm³/mol. The van der Waals surface area contributed by atoms with E-state index in [0.29, 0.717) is 17.9 Å². The Balaban J connectivity index is 2.73. The van der Waals surface area contributed by atoms with Crippen LogP contribution in [0.15, 0.2) is 9.59 Å². The third-order valence-electron chi connectivity index (χ3n) is 2.14. The molecule has 3 heteroatoms. The van der Waals surface area contributed by atoms with Gasteiger partial charge in [0.05, 0.1) is 7.11 Å². The first-order valence-electron chi connectivity index (χ1n) is 4.44. The molecule has 72 valence electrons. The van der Waals surface area contributed by atoms with Crippen LogP contribution in [0.1, 0.15) is 25.8 Å². The summed E-state index contributed by atoms with van der Waals surface area (Å²) in [7, 11) is 1.43. The van der Waals surface area contributed by atoms with Crippen LogP contribution in [0.3, 0.4) is 0 Å². The molecule has 0 atom stereocenters. The van der Waals surface area contributed by atoms with E-state index in [9.17, 15) is 9.59 Å². The van der Waals surface area contributed by atoms with E-state index in [0.717, 1.165) is 6.42 Å². The lowest BCUT2D eigenvalue weighted by atomic mass is 9.99. The van der Waals surface area contributed by atoms with Crippen molar-refractivity contribution in [2.75, 3.05) is 7.11 Å². The Kier molecular flexibility index (Phi) is 2.86. The minimum atomic E-state index is -0.471. The number of hydrogen-bond donors (Lipinski definition) is 0. The Hall–Kier alpha value is -1.12. The topological polar surface area (TPSA) is 43.4 Å². The Morgan fingerprint density at radius 3 is 2.31 bits per heavy atom. The van der Waals surface area contributed by atoms with Gasteiger partial charge in [-0.05, 0) is 18.8 Å². The maximum atomic E-state index is 11.1. The van der Waals surface area contributed by atoms with Gasteiger partial charge in [-0.1, -0.05) is 13.8 Å². The molecule has 0 aliphatic heterocycles. The first-order chi connectivity index (χ1) is 6.07. The molecule has 0 N–H and O–H groups in total. The van der Waals surface area contributed by atoms with Gasteiger partial charge in [0.2, 0.25) is 5.43 Å². The molecule has 0 fully saturated rings. The Morgan fingerprint density at radius 2 is 1.85 bits per heavy atom. The Morgan fingerprint density at radius 1 is 1.23 bits per heavy atom. The highest BCUT2D eigenvalue weighted by molar-refractivity contribution is 5.39. The summed E-state index contributed by atoms with van der Waals surface area (Å²) in [5.74, 6) is 0.805. The lowest BCUT2D eigenvalue weighted by molar-refractivity contribution is 0.396. The van der Waals surface area contributed by atoms with Crippen molar-refractivity contribution in [3.8, 4) is 5.75 Å². The summed E-state index contributed by atoms with van der Waals surface area (Å²) in [6.45, 7) is 4.16.